The molecule has 0 aliphatic rings. The zero-order valence-electron chi connectivity index (χ0n) is 8.18. The second kappa shape index (κ2) is 4.54. The summed E-state index contributed by atoms with van der Waals surface area (Å²) in [6.45, 7) is 0. The van der Waals surface area contributed by atoms with Gasteiger partial charge in [-0.15, -0.1) is 0 Å². The predicted octanol–water partition coefficient (Wildman–Crippen LogP) is 4.90. The van der Waals surface area contributed by atoms with Gasteiger partial charge < -0.3 is 5.73 Å². The average Bonchev–Trinajstić information content (AvgIpc) is 2.24. The van der Waals surface area contributed by atoms with E-state index in [1.807, 2.05) is 12.1 Å². The summed E-state index contributed by atoms with van der Waals surface area (Å²) in [5.74, 6) is 0. The molecular weight excluding hydrogens is 264 g/mol. The molecule has 0 aliphatic heterocycles. The van der Waals surface area contributed by atoms with Crippen LogP contribution in [-0.4, -0.2) is 0 Å². The number of hydrogen-bond donors (Lipinski definition) is 1. The zero-order chi connectivity index (χ0) is 11.7. The lowest BCUT2D eigenvalue weighted by molar-refractivity contribution is 1.61. The Kier molecular flexibility index (Phi) is 3.29. The zero-order valence-corrected chi connectivity index (χ0v) is 10.4. The number of nitrogen functional groups attached to an aromatic ring is 1. The smallest absolute Gasteiger partial charge is 0.0671 e. The maximum absolute atomic E-state index is 6.13. The van der Waals surface area contributed by atoms with Gasteiger partial charge in [-0.1, -0.05) is 53.0 Å². The van der Waals surface area contributed by atoms with Crippen LogP contribution in [0.4, 0.5) is 5.69 Å². The third kappa shape index (κ3) is 1.99. The highest BCUT2D eigenvalue weighted by Crippen LogP contribution is 2.39. The fourth-order valence-corrected chi connectivity index (χ4v) is 2.20. The second-order valence-electron chi connectivity index (χ2n) is 3.31. The molecule has 0 atom stereocenters. The van der Waals surface area contributed by atoms with Gasteiger partial charge in [0.25, 0.3) is 0 Å². The van der Waals surface area contributed by atoms with Gasteiger partial charge in [0.05, 0.1) is 15.1 Å². The summed E-state index contributed by atoms with van der Waals surface area (Å²) in [5, 5.41) is 1.51. The number of benzene rings is 2. The van der Waals surface area contributed by atoms with Gasteiger partial charge in [0.2, 0.25) is 0 Å². The molecule has 0 aliphatic carbocycles. The third-order valence-corrected chi connectivity index (χ3v) is 3.40. The fourth-order valence-electron chi connectivity index (χ4n) is 1.52. The number of hydrogen-bond acceptors (Lipinski definition) is 1. The summed E-state index contributed by atoms with van der Waals surface area (Å²) in [4.78, 5) is 0. The molecule has 0 saturated heterocycles. The van der Waals surface area contributed by atoms with E-state index in [1.165, 1.54) is 0 Å². The van der Waals surface area contributed by atoms with Crippen molar-refractivity contribution in [2.24, 2.45) is 0 Å². The number of halogens is 3. The van der Waals surface area contributed by atoms with Crippen molar-refractivity contribution in [3.05, 3.63) is 51.5 Å². The normalized spacial score (nSPS) is 10.4. The van der Waals surface area contributed by atoms with Crippen LogP contribution in [0.3, 0.4) is 0 Å². The molecule has 0 aromatic heterocycles. The van der Waals surface area contributed by atoms with E-state index < -0.39 is 0 Å². The molecule has 1 nitrogen and oxygen atoms in total. The summed E-state index contributed by atoms with van der Waals surface area (Å²) in [7, 11) is 0. The maximum Gasteiger partial charge on any atom is 0.0671 e. The van der Waals surface area contributed by atoms with E-state index in [2.05, 4.69) is 0 Å². The molecule has 2 rings (SSSR count). The van der Waals surface area contributed by atoms with Gasteiger partial charge in [-0.2, -0.15) is 0 Å². The van der Waals surface area contributed by atoms with Crippen LogP contribution in [0, 0.1) is 0 Å². The maximum atomic E-state index is 6.13. The number of anilines is 1. The molecule has 0 heterocycles. The van der Waals surface area contributed by atoms with Crippen LogP contribution < -0.4 is 5.73 Å². The Hall–Kier alpha value is -0.890. The lowest BCUT2D eigenvalue weighted by Gasteiger charge is -2.10. The van der Waals surface area contributed by atoms with Gasteiger partial charge in [0.15, 0.2) is 0 Å². The SMILES string of the molecule is Nc1cccc(Cl)c1-c1cccc(Cl)c1Cl. The molecule has 2 aromatic carbocycles. The first-order chi connectivity index (χ1) is 7.61. The first-order valence-electron chi connectivity index (χ1n) is 4.59. The van der Waals surface area contributed by atoms with Crippen molar-refractivity contribution >= 4 is 40.5 Å². The Morgan fingerprint density at radius 1 is 0.812 bits per heavy atom. The van der Waals surface area contributed by atoms with E-state index >= 15 is 0 Å². The Balaban J connectivity index is 2.73. The van der Waals surface area contributed by atoms with Crippen molar-refractivity contribution in [2.75, 3.05) is 5.73 Å². The first-order valence-corrected chi connectivity index (χ1v) is 5.73. The first kappa shape index (κ1) is 11.6. The van der Waals surface area contributed by atoms with E-state index in [-0.39, 0.29) is 0 Å². The number of rotatable bonds is 1. The van der Waals surface area contributed by atoms with Crippen molar-refractivity contribution in [3.8, 4) is 11.1 Å². The Morgan fingerprint density at radius 3 is 2.12 bits per heavy atom. The minimum Gasteiger partial charge on any atom is -0.398 e. The van der Waals surface area contributed by atoms with Gasteiger partial charge in [-0.3, -0.25) is 0 Å². The third-order valence-electron chi connectivity index (χ3n) is 2.27. The molecule has 0 fully saturated rings. The standard InChI is InChI=1S/C12H8Cl3N/c13-8-4-2-6-10(16)11(8)7-3-1-5-9(14)12(7)15/h1-6H,16H2. The quantitative estimate of drug-likeness (QED) is 0.734. The van der Waals surface area contributed by atoms with Crippen LogP contribution in [0.5, 0.6) is 0 Å². The summed E-state index contributed by atoms with van der Waals surface area (Å²) in [6.07, 6.45) is 0. The van der Waals surface area contributed by atoms with Crippen LogP contribution >= 0.6 is 34.8 Å². The molecule has 2 N–H and O–H groups in total. The van der Waals surface area contributed by atoms with E-state index in [4.69, 9.17) is 40.5 Å². The molecule has 16 heavy (non-hydrogen) atoms. The monoisotopic (exact) mass is 271 g/mol. The summed E-state index contributed by atoms with van der Waals surface area (Å²) in [5.41, 5.74) is 7.93. The van der Waals surface area contributed by atoms with Crippen LogP contribution in [-0.2, 0) is 0 Å². The highest BCUT2D eigenvalue weighted by molar-refractivity contribution is 6.44. The van der Waals surface area contributed by atoms with Gasteiger partial charge >= 0.3 is 0 Å². The van der Waals surface area contributed by atoms with Gasteiger partial charge in [0, 0.05) is 16.8 Å². The molecule has 2 aromatic rings. The highest BCUT2D eigenvalue weighted by Gasteiger charge is 2.12. The average molecular weight is 273 g/mol. The summed E-state index contributed by atoms with van der Waals surface area (Å²) < 4.78 is 0. The van der Waals surface area contributed by atoms with Crippen molar-refractivity contribution in [1.29, 1.82) is 0 Å². The van der Waals surface area contributed by atoms with Gasteiger partial charge in [-0.25, -0.2) is 0 Å². The lowest BCUT2D eigenvalue weighted by atomic mass is 10.0. The molecule has 0 unspecified atom stereocenters. The van der Waals surface area contributed by atoms with Crippen molar-refractivity contribution in [1.82, 2.24) is 0 Å². The topological polar surface area (TPSA) is 26.0 Å². The van der Waals surface area contributed by atoms with Crippen LogP contribution in [0.25, 0.3) is 11.1 Å². The molecule has 0 bridgehead atoms. The second-order valence-corrected chi connectivity index (χ2v) is 4.50. The Bertz CT molecular complexity index is 518. The van der Waals surface area contributed by atoms with Crippen molar-refractivity contribution < 1.29 is 0 Å². The summed E-state index contributed by atoms with van der Waals surface area (Å²) >= 11 is 18.2. The van der Waals surface area contributed by atoms with Gasteiger partial charge in [0.1, 0.15) is 0 Å². The summed E-state index contributed by atoms with van der Waals surface area (Å²) in [6, 6.07) is 10.7. The Morgan fingerprint density at radius 2 is 1.44 bits per heavy atom. The fraction of sp³-hybridized carbons (Fsp3) is 0. The molecule has 0 saturated carbocycles. The highest BCUT2D eigenvalue weighted by atomic mass is 35.5. The van der Waals surface area contributed by atoms with Crippen molar-refractivity contribution in [2.45, 2.75) is 0 Å². The minimum atomic E-state index is 0.462. The minimum absolute atomic E-state index is 0.462. The number of nitrogens with two attached hydrogens (primary N) is 1. The van der Waals surface area contributed by atoms with Crippen LogP contribution in [0.2, 0.25) is 15.1 Å². The molecular formula is C12H8Cl3N. The van der Waals surface area contributed by atoms with E-state index in [0.717, 1.165) is 11.1 Å². The van der Waals surface area contributed by atoms with E-state index in [9.17, 15) is 0 Å². The lowest BCUT2D eigenvalue weighted by Crippen LogP contribution is -1.91. The predicted molar refractivity (Wildman–Crippen MR) is 71.3 cm³/mol. The molecule has 4 heteroatoms. The Labute approximate surface area is 109 Å². The van der Waals surface area contributed by atoms with E-state index in [0.29, 0.717) is 20.8 Å². The largest absolute Gasteiger partial charge is 0.398 e. The van der Waals surface area contributed by atoms with Crippen molar-refractivity contribution in [3.63, 3.8) is 0 Å². The van der Waals surface area contributed by atoms with Gasteiger partial charge in [-0.05, 0) is 18.2 Å². The van der Waals surface area contributed by atoms with E-state index in [1.54, 1.807) is 24.3 Å². The van der Waals surface area contributed by atoms with Crippen LogP contribution in [0.15, 0.2) is 36.4 Å². The molecule has 0 amide bonds. The molecule has 0 spiro atoms. The van der Waals surface area contributed by atoms with Crippen LogP contribution in [0.1, 0.15) is 0 Å². The molecule has 82 valence electrons. The molecule has 0 radical (unpaired) electrons.